The standard InChI is InChI=1S/C20H22N4O6/c1-12-15(10-30-22-12)20(27)24-5-3-23(4-6-24)9-19(26)21-16-8-18-17(28-11-29-18)7-14(16)13(2)25/h7-8,10H,3-6,9,11H2,1-2H3,(H,21,26). The number of Topliss-reactive ketones (excluding diaryl/α,β-unsaturated/α-hetero) is 1. The molecule has 2 aromatic rings. The van der Waals surface area contributed by atoms with Crippen molar-refractivity contribution in [2.75, 3.05) is 44.8 Å². The number of rotatable bonds is 5. The lowest BCUT2D eigenvalue weighted by atomic mass is 10.1. The van der Waals surface area contributed by atoms with Crippen molar-refractivity contribution >= 4 is 23.3 Å². The molecule has 0 unspecified atom stereocenters. The number of ketones is 1. The van der Waals surface area contributed by atoms with E-state index in [9.17, 15) is 14.4 Å². The molecule has 0 radical (unpaired) electrons. The second-order valence-electron chi connectivity index (χ2n) is 7.24. The van der Waals surface area contributed by atoms with Crippen LogP contribution in [0.5, 0.6) is 11.5 Å². The van der Waals surface area contributed by atoms with Crippen LogP contribution in [0.25, 0.3) is 0 Å². The number of benzene rings is 1. The Balaban J connectivity index is 1.34. The Hall–Kier alpha value is -3.40. The zero-order chi connectivity index (χ0) is 21.3. The molecule has 0 spiro atoms. The van der Waals surface area contributed by atoms with Crippen LogP contribution in [0.15, 0.2) is 22.9 Å². The van der Waals surface area contributed by atoms with E-state index in [1.54, 1.807) is 24.0 Å². The minimum absolute atomic E-state index is 0.0848. The van der Waals surface area contributed by atoms with E-state index in [1.165, 1.54) is 13.2 Å². The van der Waals surface area contributed by atoms with Gasteiger partial charge in [0.2, 0.25) is 12.7 Å². The lowest BCUT2D eigenvalue weighted by Gasteiger charge is -2.34. The van der Waals surface area contributed by atoms with E-state index in [4.69, 9.17) is 14.0 Å². The quantitative estimate of drug-likeness (QED) is 0.729. The summed E-state index contributed by atoms with van der Waals surface area (Å²) in [4.78, 5) is 40.7. The first kappa shape index (κ1) is 19.9. The molecule has 1 aromatic heterocycles. The summed E-state index contributed by atoms with van der Waals surface area (Å²) >= 11 is 0. The highest BCUT2D eigenvalue weighted by atomic mass is 16.7. The third-order valence-corrected chi connectivity index (χ3v) is 5.17. The molecule has 30 heavy (non-hydrogen) atoms. The molecule has 2 amide bonds. The maximum Gasteiger partial charge on any atom is 0.259 e. The number of piperazine rings is 1. The van der Waals surface area contributed by atoms with Crippen LogP contribution >= 0.6 is 0 Å². The van der Waals surface area contributed by atoms with Gasteiger partial charge in [-0.05, 0) is 19.9 Å². The van der Waals surface area contributed by atoms with Crippen molar-refractivity contribution in [1.82, 2.24) is 15.0 Å². The Bertz CT molecular complexity index is 993. The highest BCUT2D eigenvalue weighted by Crippen LogP contribution is 2.37. The van der Waals surface area contributed by atoms with Gasteiger partial charge in [-0.15, -0.1) is 0 Å². The summed E-state index contributed by atoms with van der Waals surface area (Å²) in [5.74, 6) is 0.434. The van der Waals surface area contributed by atoms with Gasteiger partial charge < -0.3 is 24.2 Å². The van der Waals surface area contributed by atoms with E-state index in [0.29, 0.717) is 60.2 Å². The normalized spacial score (nSPS) is 15.9. The molecule has 10 nitrogen and oxygen atoms in total. The minimum Gasteiger partial charge on any atom is -0.454 e. The average molecular weight is 414 g/mol. The molecule has 10 heteroatoms. The molecular weight excluding hydrogens is 392 g/mol. The number of nitrogens with zero attached hydrogens (tertiary/aromatic N) is 3. The van der Waals surface area contributed by atoms with Crippen LogP contribution in [0.2, 0.25) is 0 Å². The predicted molar refractivity (Wildman–Crippen MR) is 105 cm³/mol. The smallest absolute Gasteiger partial charge is 0.259 e. The highest BCUT2D eigenvalue weighted by molar-refractivity contribution is 6.05. The van der Waals surface area contributed by atoms with Gasteiger partial charge in [0.1, 0.15) is 11.8 Å². The van der Waals surface area contributed by atoms with Crippen molar-refractivity contribution in [2.45, 2.75) is 13.8 Å². The molecule has 0 bridgehead atoms. The molecule has 1 saturated heterocycles. The summed E-state index contributed by atoms with van der Waals surface area (Å²) < 4.78 is 15.5. The number of carbonyl (C=O) groups is 3. The Morgan fingerprint density at radius 1 is 1.07 bits per heavy atom. The van der Waals surface area contributed by atoms with Gasteiger partial charge in [-0.1, -0.05) is 5.16 Å². The predicted octanol–water partition coefficient (Wildman–Crippen LogP) is 1.31. The van der Waals surface area contributed by atoms with Crippen LogP contribution in [0.4, 0.5) is 5.69 Å². The van der Waals surface area contributed by atoms with E-state index in [1.807, 2.05) is 4.90 Å². The fraction of sp³-hybridized carbons (Fsp3) is 0.400. The highest BCUT2D eigenvalue weighted by Gasteiger charge is 2.26. The monoisotopic (exact) mass is 414 g/mol. The van der Waals surface area contributed by atoms with Crippen LogP contribution < -0.4 is 14.8 Å². The van der Waals surface area contributed by atoms with E-state index in [-0.39, 0.29) is 30.9 Å². The number of nitrogens with one attached hydrogen (secondary N) is 1. The number of aryl methyl sites for hydroxylation is 1. The molecule has 0 atom stereocenters. The molecule has 0 saturated carbocycles. The number of fused-ring (bicyclic) bond motifs is 1. The second-order valence-corrected chi connectivity index (χ2v) is 7.24. The number of aromatic nitrogens is 1. The summed E-state index contributed by atoms with van der Waals surface area (Å²) in [6.45, 7) is 5.51. The number of hydrogen-bond donors (Lipinski definition) is 1. The summed E-state index contributed by atoms with van der Waals surface area (Å²) in [5, 5.41) is 6.54. The fourth-order valence-corrected chi connectivity index (χ4v) is 3.51. The van der Waals surface area contributed by atoms with E-state index < -0.39 is 0 Å². The molecule has 0 aliphatic carbocycles. The van der Waals surface area contributed by atoms with Crippen molar-refractivity contribution in [3.63, 3.8) is 0 Å². The van der Waals surface area contributed by atoms with E-state index >= 15 is 0 Å². The van der Waals surface area contributed by atoms with Crippen molar-refractivity contribution in [2.24, 2.45) is 0 Å². The molecule has 158 valence electrons. The molecule has 1 fully saturated rings. The maximum absolute atomic E-state index is 12.6. The molecule has 1 N–H and O–H groups in total. The van der Waals surface area contributed by atoms with Gasteiger partial charge in [0, 0.05) is 37.8 Å². The van der Waals surface area contributed by atoms with E-state index in [2.05, 4.69) is 10.5 Å². The Labute approximate surface area is 172 Å². The molecular formula is C20H22N4O6. The van der Waals surface area contributed by atoms with Crippen LogP contribution in [-0.2, 0) is 4.79 Å². The van der Waals surface area contributed by atoms with Crippen LogP contribution in [0, 0.1) is 6.92 Å². The molecule has 4 rings (SSSR count). The Morgan fingerprint density at radius 3 is 2.40 bits per heavy atom. The number of anilines is 1. The molecule has 2 aliphatic heterocycles. The van der Waals surface area contributed by atoms with Crippen LogP contribution in [-0.4, -0.2) is 72.1 Å². The third kappa shape index (κ3) is 3.99. The number of amides is 2. The number of hydrogen-bond acceptors (Lipinski definition) is 8. The summed E-state index contributed by atoms with van der Waals surface area (Å²) in [6.07, 6.45) is 1.36. The average Bonchev–Trinajstić information content (AvgIpc) is 3.35. The lowest BCUT2D eigenvalue weighted by Crippen LogP contribution is -2.50. The van der Waals surface area contributed by atoms with Crippen molar-refractivity contribution in [3.8, 4) is 11.5 Å². The summed E-state index contributed by atoms with van der Waals surface area (Å²) in [7, 11) is 0. The van der Waals surface area contributed by atoms with Crippen molar-refractivity contribution < 1.29 is 28.4 Å². The van der Waals surface area contributed by atoms with Crippen LogP contribution in [0.1, 0.15) is 33.3 Å². The minimum atomic E-state index is -0.244. The van der Waals surface area contributed by atoms with Gasteiger partial charge in [0.25, 0.3) is 5.91 Å². The summed E-state index contributed by atoms with van der Waals surface area (Å²) in [6, 6.07) is 3.19. The maximum atomic E-state index is 12.6. The van der Waals surface area contributed by atoms with Gasteiger partial charge in [-0.3, -0.25) is 19.3 Å². The van der Waals surface area contributed by atoms with Gasteiger partial charge in [0.05, 0.1) is 17.9 Å². The fourth-order valence-electron chi connectivity index (χ4n) is 3.51. The third-order valence-electron chi connectivity index (χ3n) is 5.17. The van der Waals surface area contributed by atoms with Crippen molar-refractivity contribution in [1.29, 1.82) is 0 Å². The number of carbonyl (C=O) groups excluding carboxylic acids is 3. The first-order valence-corrected chi connectivity index (χ1v) is 9.59. The SMILES string of the molecule is CC(=O)c1cc2c(cc1NC(=O)CN1CCN(C(=O)c3conc3C)CC1)OCO2. The molecule has 1 aromatic carbocycles. The van der Waals surface area contributed by atoms with Crippen molar-refractivity contribution in [3.05, 3.63) is 35.2 Å². The Morgan fingerprint density at radius 2 is 1.77 bits per heavy atom. The van der Waals surface area contributed by atoms with Crippen LogP contribution in [0.3, 0.4) is 0 Å². The Kier molecular flexibility index (Phi) is 5.40. The lowest BCUT2D eigenvalue weighted by molar-refractivity contribution is -0.117. The zero-order valence-corrected chi connectivity index (χ0v) is 16.8. The van der Waals surface area contributed by atoms with Gasteiger partial charge >= 0.3 is 0 Å². The number of ether oxygens (including phenoxy) is 2. The molecule has 3 heterocycles. The first-order valence-electron chi connectivity index (χ1n) is 9.59. The summed E-state index contributed by atoms with van der Waals surface area (Å²) in [5.41, 5.74) is 1.79. The topological polar surface area (TPSA) is 114 Å². The second kappa shape index (κ2) is 8.15. The van der Waals surface area contributed by atoms with Gasteiger partial charge in [-0.25, -0.2) is 0 Å². The first-order chi connectivity index (χ1) is 14.4. The van der Waals surface area contributed by atoms with E-state index in [0.717, 1.165) is 0 Å². The largest absolute Gasteiger partial charge is 0.454 e. The van der Waals surface area contributed by atoms with Gasteiger partial charge in [0.15, 0.2) is 17.3 Å². The molecule has 2 aliphatic rings. The van der Waals surface area contributed by atoms with Gasteiger partial charge in [-0.2, -0.15) is 0 Å². The zero-order valence-electron chi connectivity index (χ0n) is 16.8.